The maximum Gasteiger partial charge on any atom is 0.323 e. The molecule has 0 aliphatic carbocycles. The first kappa shape index (κ1) is 28.2. The molecular weight excluding hydrogens is 490 g/mol. The fraction of sp³-hybridized carbons (Fsp3) is 0.333. The van der Waals surface area contributed by atoms with E-state index >= 15 is 0 Å². The molecule has 0 aliphatic heterocycles. The van der Waals surface area contributed by atoms with Gasteiger partial charge in [-0.1, -0.05) is 12.1 Å². The van der Waals surface area contributed by atoms with Crippen molar-refractivity contribution in [3.63, 3.8) is 0 Å². The van der Waals surface area contributed by atoms with Gasteiger partial charge in [0.2, 0.25) is 5.78 Å². The van der Waals surface area contributed by atoms with Crippen molar-refractivity contribution < 1.29 is 24.2 Å². The van der Waals surface area contributed by atoms with Crippen molar-refractivity contribution >= 4 is 11.7 Å². The van der Waals surface area contributed by atoms with Crippen LogP contribution in [0.15, 0.2) is 53.3 Å². The number of aromatic nitrogens is 2. The van der Waals surface area contributed by atoms with Crippen LogP contribution in [-0.4, -0.2) is 64.7 Å². The van der Waals surface area contributed by atoms with Crippen LogP contribution in [0.4, 0.5) is 0 Å². The molecule has 0 spiro atoms. The number of carbonyl (C=O) groups is 2. The van der Waals surface area contributed by atoms with Crippen LogP contribution in [0.3, 0.4) is 0 Å². The molecule has 0 aliphatic rings. The summed E-state index contributed by atoms with van der Waals surface area (Å²) in [5.41, 5.74) is 0.447. The lowest BCUT2D eigenvalue weighted by molar-refractivity contribution is -0.123. The number of aliphatic hydroxyl groups is 1. The van der Waals surface area contributed by atoms with Gasteiger partial charge in [-0.2, -0.15) is 5.26 Å². The van der Waals surface area contributed by atoms with Gasteiger partial charge in [0.1, 0.15) is 36.0 Å². The van der Waals surface area contributed by atoms with Gasteiger partial charge in [0, 0.05) is 29.9 Å². The molecule has 0 fully saturated rings. The van der Waals surface area contributed by atoms with E-state index in [1.807, 2.05) is 19.9 Å². The van der Waals surface area contributed by atoms with Crippen LogP contribution in [0.25, 0.3) is 0 Å². The molecule has 3 rings (SSSR count). The lowest BCUT2D eigenvalue weighted by Gasteiger charge is -2.28. The maximum atomic E-state index is 12.5. The van der Waals surface area contributed by atoms with Gasteiger partial charge in [-0.15, -0.1) is 0 Å². The normalized spacial score (nSPS) is 11.9. The molecule has 3 aromatic rings. The summed E-state index contributed by atoms with van der Waals surface area (Å²) in [5, 5.41) is 25.3. The summed E-state index contributed by atoms with van der Waals surface area (Å²) in [6.45, 7) is 5.67. The van der Waals surface area contributed by atoms with Gasteiger partial charge in [-0.05, 0) is 57.2 Å². The van der Waals surface area contributed by atoms with Crippen molar-refractivity contribution in [2.75, 3.05) is 26.3 Å². The fourth-order valence-electron chi connectivity index (χ4n) is 3.45. The van der Waals surface area contributed by atoms with Crippen LogP contribution in [0, 0.1) is 18.3 Å². The van der Waals surface area contributed by atoms with E-state index in [9.17, 15) is 19.5 Å². The summed E-state index contributed by atoms with van der Waals surface area (Å²) < 4.78 is 11.0. The van der Waals surface area contributed by atoms with Crippen molar-refractivity contribution in [2.24, 2.45) is 0 Å². The van der Waals surface area contributed by atoms with E-state index in [4.69, 9.17) is 14.7 Å². The molecule has 1 amide bonds. The monoisotopic (exact) mass is 521 g/mol. The van der Waals surface area contributed by atoms with Crippen LogP contribution in [0.2, 0.25) is 0 Å². The number of carbonyl (C=O) groups excluding carboxylic acids is 2. The number of nitrogens with zero attached hydrogens (tertiary/aromatic N) is 1. The largest absolute Gasteiger partial charge is 0.489 e. The number of hydrogen-bond donors (Lipinski definition) is 5. The zero-order valence-electron chi connectivity index (χ0n) is 21.5. The Morgan fingerprint density at radius 2 is 1.82 bits per heavy atom. The Bertz CT molecular complexity index is 1350. The van der Waals surface area contributed by atoms with Gasteiger partial charge in [-0.25, -0.2) is 4.79 Å². The zero-order valence-corrected chi connectivity index (χ0v) is 21.5. The topological polar surface area (TPSA) is 169 Å². The minimum Gasteiger partial charge on any atom is -0.489 e. The van der Waals surface area contributed by atoms with Gasteiger partial charge in [0.15, 0.2) is 6.61 Å². The molecule has 200 valence electrons. The van der Waals surface area contributed by atoms with Crippen molar-refractivity contribution in [2.45, 2.75) is 32.4 Å². The molecule has 5 N–H and O–H groups in total. The van der Waals surface area contributed by atoms with Crippen LogP contribution < -0.4 is 25.8 Å². The summed E-state index contributed by atoms with van der Waals surface area (Å²) in [6, 6.07) is 15.1. The minimum absolute atomic E-state index is 0.00902. The number of amides is 1. The number of benzene rings is 2. The predicted octanol–water partition coefficient (Wildman–Crippen LogP) is 1.42. The highest BCUT2D eigenvalue weighted by atomic mass is 16.5. The zero-order chi connectivity index (χ0) is 27.7. The highest BCUT2D eigenvalue weighted by Gasteiger charge is 2.20. The number of aliphatic hydroxyl groups excluding tert-OH is 1. The molecule has 0 radical (unpaired) electrons. The van der Waals surface area contributed by atoms with E-state index in [0.29, 0.717) is 28.3 Å². The first-order valence-electron chi connectivity index (χ1n) is 12.0. The predicted molar refractivity (Wildman–Crippen MR) is 139 cm³/mol. The fourth-order valence-corrected chi connectivity index (χ4v) is 3.45. The summed E-state index contributed by atoms with van der Waals surface area (Å²) in [4.78, 5) is 41.2. The molecule has 1 aromatic heterocycles. The Balaban J connectivity index is 1.38. The number of aromatic amines is 2. The number of nitriles is 1. The first-order chi connectivity index (χ1) is 18.1. The van der Waals surface area contributed by atoms with Crippen molar-refractivity contribution in [1.29, 1.82) is 5.26 Å². The molecule has 0 bridgehead atoms. The summed E-state index contributed by atoms with van der Waals surface area (Å²) in [6.07, 6.45) is -0.823. The highest BCUT2D eigenvalue weighted by molar-refractivity contribution is 6.08. The first-order valence-corrected chi connectivity index (χ1v) is 12.0. The number of aryl methyl sites for hydroxylation is 1. The van der Waals surface area contributed by atoms with Gasteiger partial charge in [-0.3, -0.25) is 9.59 Å². The third-order valence-corrected chi connectivity index (χ3v) is 5.61. The Morgan fingerprint density at radius 1 is 1.11 bits per heavy atom. The second-order valence-corrected chi connectivity index (χ2v) is 9.34. The smallest absolute Gasteiger partial charge is 0.323 e. The average Bonchev–Trinajstić information content (AvgIpc) is 3.26. The molecule has 38 heavy (non-hydrogen) atoms. The van der Waals surface area contributed by atoms with Crippen LogP contribution in [0.5, 0.6) is 11.5 Å². The van der Waals surface area contributed by atoms with Crippen LogP contribution in [0.1, 0.15) is 41.2 Å². The van der Waals surface area contributed by atoms with E-state index in [1.165, 1.54) is 0 Å². The molecule has 0 unspecified atom stereocenters. The van der Waals surface area contributed by atoms with Gasteiger partial charge in [0.25, 0.3) is 5.91 Å². The number of rotatable bonds is 13. The standard InChI is InChI=1S/C27H31N5O6/c1-17-24(32-26(36)31-17)25(35)18-8-10-21(11-9-18)37-15-23(34)29-16-27(2,3)30-13-20(33)14-38-22-7-5-4-6-19(22)12-28/h4-11,20,30,33H,13-16H2,1-3H3,(H,29,34)(H2,31,32,36)/t20-/m0/s1. The molecule has 0 saturated heterocycles. The van der Waals surface area contributed by atoms with Crippen molar-refractivity contribution in [1.82, 2.24) is 20.6 Å². The van der Waals surface area contributed by atoms with Crippen LogP contribution >= 0.6 is 0 Å². The van der Waals surface area contributed by atoms with Gasteiger partial charge < -0.3 is 35.2 Å². The number of H-pyrrole nitrogens is 2. The molecular formula is C27H31N5O6. The summed E-state index contributed by atoms with van der Waals surface area (Å²) in [5.74, 6) is 0.157. The van der Waals surface area contributed by atoms with E-state index in [0.717, 1.165) is 0 Å². The lowest BCUT2D eigenvalue weighted by atomic mass is 10.1. The van der Waals surface area contributed by atoms with Gasteiger partial charge >= 0.3 is 5.69 Å². The SMILES string of the molecule is Cc1[nH]c(=O)[nH]c1C(=O)c1ccc(OCC(=O)NCC(C)(C)NC[C@H](O)COc2ccccc2C#N)cc1. The third kappa shape index (κ3) is 8.06. The van der Waals surface area contributed by atoms with E-state index in [2.05, 4.69) is 20.6 Å². The Labute approximate surface area is 219 Å². The number of nitrogens with one attached hydrogen (secondary N) is 4. The molecule has 11 nitrogen and oxygen atoms in total. The Kier molecular flexibility index (Phi) is 9.43. The highest BCUT2D eigenvalue weighted by Crippen LogP contribution is 2.17. The molecule has 11 heteroatoms. The lowest BCUT2D eigenvalue weighted by Crippen LogP contribution is -2.52. The summed E-state index contributed by atoms with van der Waals surface area (Å²) >= 11 is 0. The molecule has 1 heterocycles. The second kappa shape index (κ2) is 12.7. The van der Waals surface area contributed by atoms with E-state index < -0.39 is 17.3 Å². The summed E-state index contributed by atoms with van der Waals surface area (Å²) in [7, 11) is 0. The van der Waals surface area contributed by atoms with E-state index in [1.54, 1.807) is 55.5 Å². The quantitative estimate of drug-likeness (QED) is 0.210. The molecule has 0 saturated carbocycles. The van der Waals surface area contributed by atoms with Crippen LogP contribution in [-0.2, 0) is 4.79 Å². The number of ether oxygens (including phenoxy) is 2. The van der Waals surface area contributed by atoms with Crippen molar-refractivity contribution in [3.8, 4) is 17.6 Å². The Hall–Kier alpha value is -4.40. The van der Waals surface area contributed by atoms with Crippen molar-refractivity contribution in [3.05, 3.63) is 81.5 Å². The van der Waals surface area contributed by atoms with E-state index in [-0.39, 0.29) is 43.7 Å². The number of ketones is 1. The molecule has 2 aromatic carbocycles. The molecule has 1 atom stereocenters. The average molecular weight is 522 g/mol. The third-order valence-electron chi connectivity index (χ3n) is 5.61. The Morgan fingerprint density at radius 3 is 2.47 bits per heavy atom. The maximum absolute atomic E-state index is 12.5. The minimum atomic E-state index is -0.823. The number of hydrogen-bond acceptors (Lipinski definition) is 8. The number of para-hydroxylation sites is 1. The second-order valence-electron chi connectivity index (χ2n) is 9.34. The number of β-amino-alcohol motifs (C(OH)–C–C–N with tert-alkyl or cyclic N) is 1. The number of imidazole rings is 1. The van der Waals surface area contributed by atoms with Gasteiger partial charge in [0.05, 0.1) is 5.56 Å².